The van der Waals surface area contributed by atoms with E-state index in [-0.39, 0.29) is 12.0 Å². The summed E-state index contributed by atoms with van der Waals surface area (Å²) in [6.45, 7) is 0. The minimum Gasteiger partial charge on any atom is -0.368 e. The van der Waals surface area contributed by atoms with E-state index in [4.69, 9.17) is 5.73 Å². The summed E-state index contributed by atoms with van der Waals surface area (Å²) in [4.78, 5) is 27.0. The number of nitrogens with one attached hydrogen (secondary N) is 2. The Morgan fingerprint density at radius 2 is 1.83 bits per heavy atom. The van der Waals surface area contributed by atoms with Gasteiger partial charge in [0.15, 0.2) is 0 Å². The van der Waals surface area contributed by atoms with E-state index in [1.54, 1.807) is 12.3 Å². The number of hydrogen-bond donors (Lipinski definition) is 3. The lowest BCUT2D eigenvalue weighted by Gasteiger charge is -2.15. The molecule has 2 aromatic carbocycles. The molecule has 0 aliphatic heterocycles. The fourth-order valence-electron chi connectivity index (χ4n) is 2.62. The molecule has 0 aliphatic carbocycles. The second kappa shape index (κ2) is 6.54. The lowest BCUT2D eigenvalue weighted by molar-refractivity contribution is -0.119. The van der Waals surface area contributed by atoms with Crippen LogP contribution in [-0.2, 0) is 11.2 Å². The van der Waals surface area contributed by atoms with Gasteiger partial charge in [-0.1, -0.05) is 30.3 Å². The van der Waals surface area contributed by atoms with Crippen molar-refractivity contribution in [2.24, 2.45) is 5.73 Å². The Kier molecular flexibility index (Phi) is 4.29. The summed E-state index contributed by atoms with van der Waals surface area (Å²) in [5.74, 6) is -1.99. The quantitative estimate of drug-likeness (QED) is 0.671. The molecule has 4 N–H and O–H groups in total. The van der Waals surface area contributed by atoms with Gasteiger partial charge >= 0.3 is 0 Å². The number of aromatic nitrogens is 1. The molecule has 3 rings (SSSR count). The Labute approximate surface area is 137 Å². The van der Waals surface area contributed by atoms with Crippen molar-refractivity contribution in [3.63, 3.8) is 0 Å². The molecule has 0 radical (unpaired) electrons. The van der Waals surface area contributed by atoms with Crippen LogP contribution in [0.3, 0.4) is 0 Å². The fourth-order valence-corrected chi connectivity index (χ4v) is 2.62. The Bertz CT molecular complexity index is 904. The van der Waals surface area contributed by atoms with Gasteiger partial charge in [-0.3, -0.25) is 9.59 Å². The average molecular weight is 325 g/mol. The topological polar surface area (TPSA) is 88.0 Å². The third-order valence-electron chi connectivity index (χ3n) is 3.87. The molecule has 1 atom stereocenters. The molecule has 0 unspecified atom stereocenters. The molecule has 1 heterocycles. The number of nitrogens with two attached hydrogens (primary N) is 1. The zero-order chi connectivity index (χ0) is 17.1. The minimum absolute atomic E-state index is 0.123. The molecule has 1 aromatic heterocycles. The fraction of sp³-hybridized carbons (Fsp3) is 0.111. The van der Waals surface area contributed by atoms with E-state index >= 15 is 0 Å². The molecule has 3 aromatic rings. The molecule has 24 heavy (non-hydrogen) atoms. The molecule has 122 valence electrons. The van der Waals surface area contributed by atoms with Crippen LogP contribution < -0.4 is 11.1 Å². The maximum absolute atomic E-state index is 13.7. The summed E-state index contributed by atoms with van der Waals surface area (Å²) in [5, 5.41) is 3.46. The first kappa shape index (κ1) is 15.7. The molecule has 2 amide bonds. The molecule has 0 bridgehead atoms. The minimum atomic E-state index is -0.934. The average Bonchev–Trinajstić information content (AvgIpc) is 2.97. The first-order valence-electron chi connectivity index (χ1n) is 7.46. The molecule has 6 heteroatoms. The van der Waals surface area contributed by atoms with E-state index < -0.39 is 23.7 Å². The van der Waals surface area contributed by atoms with Crippen LogP contribution in [0.15, 0.2) is 54.7 Å². The standard InChI is InChI=1S/C18H16FN3O2/c19-14-7-3-1-6-13(14)18(24)22-16(17(20)23)9-11-10-21-15-8-4-2-5-12(11)15/h1-8,10,16,21H,9H2,(H2,20,23)(H,22,24)/t16-/m1/s1. The number of aromatic amines is 1. The van der Waals surface area contributed by atoms with Gasteiger partial charge in [-0.15, -0.1) is 0 Å². The predicted octanol–water partition coefficient (Wildman–Crippen LogP) is 2.13. The van der Waals surface area contributed by atoms with E-state index in [2.05, 4.69) is 10.3 Å². The Morgan fingerprint density at radius 3 is 2.58 bits per heavy atom. The smallest absolute Gasteiger partial charge is 0.254 e. The van der Waals surface area contributed by atoms with E-state index in [0.717, 1.165) is 16.5 Å². The number of fused-ring (bicyclic) bond motifs is 1. The van der Waals surface area contributed by atoms with E-state index in [1.165, 1.54) is 18.2 Å². The highest BCUT2D eigenvalue weighted by atomic mass is 19.1. The van der Waals surface area contributed by atoms with Crippen molar-refractivity contribution >= 4 is 22.7 Å². The van der Waals surface area contributed by atoms with Gasteiger partial charge in [0.25, 0.3) is 5.91 Å². The van der Waals surface area contributed by atoms with Crippen molar-refractivity contribution in [3.05, 3.63) is 71.7 Å². The van der Waals surface area contributed by atoms with Gasteiger partial charge in [-0.05, 0) is 23.8 Å². The second-order valence-electron chi connectivity index (χ2n) is 5.47. The number of rotatable bonds is 5. The zero-order valence-corrected chi connectivity index (χ0v) is 12.8. The van der Waals surface area contributed by atoms with Crippen LogP contribution in [0.25, 0.3) is 10.9 Å². The van der Waals surface area contributed by atoms with Crippen LogP contribution >= 0.6 is 0 Å². The van der Waals surface area contributed by atoms with Gasteiger partial charge in [0.05, 0.1) is 5.56 Å². The van der Waals surface area contributed by atoms with Gasteiger partial charge in [0.1, 0.15) is 11.9 Å². The van der Waals surface area contributed by atoms with Crippen molar-refractivity contribution < 1.29 is 14.0 Å². The summed E-state index contributed by atoms with van der Waals surface area (Å²) in [6.07, 6.45) is 2.00. The number of H-pyrrole nitrogens is 1. The molecule has 0 fully saturated rings. The van der Waals surface area contributed by atoms with E-state index in [0.29, 0.717) is 0 Å². The first-order valence-corrected chi connectivity index (χ1v) is 7.46. The molecule has 0 aliphatic rings. The molecule has 0 saturated heterocycles. The van der Waals surface area contributed by atoms with Crippen LogP contribution in [-0.4, -0.2) is 22.8 Å². The molecule has 5 nitrogen and oxygen atoms in total. The molecule has 0 saturated carbocycles. The third kappa shape index (κ3) is 3.12. The van der Waals surface area contributed by atoms with Crippen LogP contribution in [0.2, 0.25) is 0 Å². The molecule has 0 spiro atoms. The molecular weight excluding hydrogens is 309 g/mol. The Hall–Kier alpha value is -3.15. The van der Waals surface area contributed by atoms with E-state index in [9.17, 15) is 14.0 Å². The SMILES string of the molecule is NC(=O)[C@@H](Cc1c[nH]c2ccccc12)NC(=O)c1ccccc1F. The highest BCUT2D eigenvalue weighted by molar-refractivity contribution is 5.97. The lowest BCUT2D eigenvalue weighted by Crippen LogP contribution is -2.46. The Balaban J connectivity index is 1.82. The number of para-hydroxylation sites is 1. The number of amides is 2. The van der Waals surface area contributed by atoms with Gasteiger partial charge in [-0.2, -0.15) is 0 Å². The van der Waals surface area contributed by atoms with Crippen molar-refractivity contribution in [2.45, 2.75) is 12.5 Å². The second-order valence-corrected chi connectivity index (χ2v) is 5.47. The summed E-state index contributed by atoms with van der Waals surface area (Å²) >= 11 is 0. The van der Waals surface area contributed by atoms with Crippen molar-refractivity contribution in [2.75, 3.05) is 0 Å². The van der Waals surface area contributed by atoms with Crippen molar-refractivity contribution in [3.8, 4) is 0 Å². The summed E-state index contributed by atoms with van der Waals surface area (Å²) in [5.41, 5.74) is 7.06. The maximum atomic E-state index is 13.7. The highest BCUT2D eigenvalue weighted by Crippen LogP contribution is 2.19. The van der Waals surface area contributed by atoms with E-state index in [1.807, 2.05) is 24.3 Å². The summed E-state index contributed by atoms with van der Waals surface area (Å²) in [6, 6.07) is 12.3. The number of hydrogen-bond acceptors (Lipinski definition) is 2. The number of carbonyl (C=O) groups excluding carboxylic acids is 2. The van der Waals surface area contributed by atoms with Gasteiger partial charge in [0, 0.05) is 23.5 Å². The number of halogens is 1. The number of carbonyl (C=O) groups is 2. The van der Waals surface area contributed by atoms with Gasteiger partial charge in [-0.25, -0.2) is 4.39 Å². The van der Waals surface area contributed by atoms with Crippen LogP contribution in [0, 0.1) is 5.82 Å². The third-order valence-corrected chi connectivity index (χ3v) is 3.87. The first-order chi connectivity index (χ1) is 11.6. The lowest BCUT2D eigenvalue weighted by atomic mass is 10.0. The highest BCUT2D eigenvalue weighted by Gasteiger charge is 2.22. The summed E-state index contributed by atoms with van der Waals surface area (Å²) in [7, 11) is 0. The number of benzene rings is 2. The molecular formula is C18H16FN3O2. The van der Waals surface area contributed by atoms with Crippen LogP contribution in [0.1, 0.15) is 15.9 Å². The normalized spacial score (nSPS) is 12.0. The van der Waals surface area contributed by atoms with Crippen LogP contribution in [0.5, 0.6) is 0 Å². The zero-order valence-electron chi connectivity index (χ0n) is 12.8. The monoisotopic (exact) mass is 325 g/mol. The van der Waals surface area contributed by atoms with Crippen molar-refractivity contribution in [1.29, 1.82) is 0 Å². The summed E-state index contributed by atoms with van der Waals surface area (Å²) < 4.78 is 13.7. The predicted molar refractivity (Wildman–Crippen MR) is 88.9 cm³/mol. The largest absolute Gasteiger partial charge is 0.368 e. The number of primary amides is 1. The van der Waals surface area contributed by atoms with Crippen LogP contribution in [0.4, 0.5) is 4.39 Å². The Morgan fingerprint density at radius 1 is 1.12 bits per heavy atom. The van der Waals surface area contributed by atoms with Gasteiger partial charge < -0.3 is 16.0 Å². The maximum Gasteiger partial charge on any atom is 0.254 e. The van der Waals surface area contributed by atoms with Gasteiger partial charge in [0.2, 0.25) is 5.91 Å². The van der Waals surface area contributed by atoms with Crippen molar-refractivity contribution in [1.82, 2.24) is 10.3 Å².